The standard InChI is InChI=1S/C27H29F3N4O4/c1-15(2)26(3)12-10-17(11-13-26)23(35)21-22(16-4-7-19(8-5-16)38-27(28,29)30)34(25(37)24(21)36)20-9-6-18(14-31)32-33-20/h4-12,15,21-23,35H,13-14,31H2,1-3H3. The normalized spacial score (nSPS) is 24.7. The number of anilines is 1. The Morgan fingerprint density at radius 2 is 1.84 bits per heavy atom. The van der Waals surface area contributed by atoms with E-state index in [1.54, 1.807) is 12.1 Å². The minimum atomic E-state index is -4.88. The first-order valence-corrected chi connectivity index (χ1v) is 12.2. The number of nitrogens with two attached hydrogens (primary N) is 1. The number of ether oxygens (including phenoxy) is 1. The number of aliphatic hydroxyl groups excluding tert-OH is 1. The third-order valence-electron chi connectivity index (χ3n) is 7.40. The second-order valence-corrected chi connectivity index (χ2v) is 10.1. The Morgan fingerprint density at radius 3 is 2.34 bits per heavy atom. The molecule has 8 nitrogen and oxygen atoms in total. The quantitative estimate of drug-likeness (QED) is 0.519. The predicted octanol–water partition coefficient (Wildman–Crippen LogP) is 4.02. The van der Waals surface area contributed by atoms with E-state index in [-0.39, 0.29) is 17.8 Å². The van der Waals surface area contributed by atoms with Crippen LogP contribution in [0.2, 0.25) is 0 Å². The number of rotatable bonds is 7. The summed E-state index contributed by atoms with van der Waals surface area (Å²) in [4.78, 5) is 27.7. The first-order valence-electron chi connectivity index (χ1n) is 12.2. The highest BCUT2D eigenvalue weighted by molar-refractivity contribution is 6.45. The van der Waals surface area contributed by atoms with Crippen LogP contribution in [0.4, 0.5) is 19.0 Å². The highest BCUT2D eigenvalue weighted by Gasteiger charge is 2.53. The maximum absolute atomic E-state index is 13.3. The Labute approximate surface area is 218 Å². The number of nitrogens with zero attached hydrogens (tertiary/aromatic N) is 3. The Kier molecular flexibility index (Phi) is 7.44. The fourth-order valence-corrected chi connectivity index (χ4v) is 4.68. The van der Waals surface area contributed by atoms with Crippen molar-refractivity contribution < 1.29 is 32.6 Å². The summed E-state index contributed by atoms with van der Waals surface area (Å²) >= 11 is 0. The van der Waals surface area contributed by atoms with E-state index in [9.17, 15) is 27.9 Å². The summed E-state index contributed by atoms with van der Waals surface area (Å²) < 4.78 is 42.0. The van der Waals surface area contributed by atoms with Crippen LogP contribution in [0.1, 0.15) is 44.5 Å². The van der Waals surface area contributed by atoms with Gasteiger partial charge >= 0.3 is 6.36 Å². The predicted molar refractivity (Wildman–Crippen MR) is 133 cm³/mol. The van der Waals surface area contributed by atoms with E-state index in [4.69, 9.17) is 5.73 Å². The van der Waals surface area contributed by atoms with Crippen molar-refractivity contribution in [1.29, 1.82) is 0 Å². The minimum absolute atomic E-state index is 0.0522. The third kappa shape index (κ3) is 5.34. The van der Waals surface area contributed by atoms with Crippen LogP contribution in [-0.2, 0) is 16.1 Å². The van der Waals surface area contributed by atoms with Crippen molar-refractivity contribution in [2.45, 2.75) is 52.2 Å². The molecule has 1 amide bonds. The second-order valence-electron chi connectivity index (χ2n) is 10.1. The van der Waals surface area contributed by atoms with Crippen LogP contribution < -0.4 is 15.4 Å². The van der Waals surface area contributed by atoms with Crippen LogP contribution in [-0.4, -0.2) is 39.5 Å². The van der Waals surface area contributed by atoms with E-state index in [0.717, 1.165) is 17.0 Å². The summed E-state index contributed by atoms with van der Waals surface area (Å²) in [6.07, 6.45) is 0.0179. The van der Waals surface area contributed by atoms with Gasteiger partial charge in [0.15, 0.2) is 5.82 Å². The number of Topliss-reactive ketones (excluding diaryl/α,β-unsaturated/α-hetero) is 1. The van der Waals surface area contributed by atoms with E-state index in [2.05, 4.69) is 35.7 Å². The third-order valence-corrected chi connectivity index (χ3v) is 7.40. The van der Waals surface area contributed by atoms with Crippen molar-refractivity contribution in [3.05, 3.63) is 71.5 Å². The van der Waals surface area contributed by atoms with Crippen molar-refractivity contribution in [3.8, 4) is 5.75 Å². The van der Waals surface area contributed by atoms with Gasteiger partial charge in [-0.05, 0) is 53.2 Å². The number of ketones is 1. The molecule has 2 aromatic rings. The number of alkyl halides is 3. The zero-order chi connectivity index (χ0) is 27.8. The molecule has 0 saturated carbocycles. The summed E-state index contributed by atoms with van der Waals surface area (Å²) in [6.45, 7) is 6.39. The lowest BCUT2D eigenvalue weighted by atomic mass is 9.72. The van der Waals surface area contributed by atoms with Gasteiger partial charge < -0.3 is 15.6 Å². The fourth-order valence-electron chi connectivity index (χ4n) is 4.68. The van der Waals surface area contributed by atoms with E-state index in [0.29, 0.717) is 29.2 Å². The number of carbonyl (C=O) groups is 2. The van der Waals surface area contributed by atoms with Crippen LogP contribution in [0, 0.1) is 17.3 Å². The molecule has 2 aliphatic rings. The highest BCUT2D eigenvalue weighted by atomic mass is 19.4. The molecule has 38 heavy (non-hydrogen) atoms. The number of halogens is 3. The monoisotopic (exact) mass is 530 g/mol. The van der Waals surface area contributed by atoms with Gasteiger partial charge in [-0.2, -0.15) is 5.10 Å². The molecule has 1 aromatic carbocycles. The van der Waals surface area contributed by atoms with Gasteiger partial charge in [0.2, 0.25) is 5.78 Å². The van der Waals surface area contributed by atoms with Gasteiger partial charge in [0.05, 0.1) is 23.8 Å². The van der Waals surface area contributed by atoms with Crippen LogP contribution in [0.25, 0.3) is 0 Å². The first kappa shape index (κ1) is 27.5. The molecule has 0 bridgehead atoms. The lowest BCUT2D eigenvalue weighted by Crippen LogP contribution is -2.34. The smallest absolute Gasteiger partial charge is 0.406 e. The molecule has 1 aliphatic heterocycles. The number of aromatic nitrogens is 2. The molecule has 2 heterocycles. The van der Waals surface area contributed by atoms with Gasteiger partial charge in [0, 0.05) is 6.54 Å². The number of allylic oxidation sites excluding steroid dienone is 2. The topological polar surface area (TPSA) is 119 Å². The lowest BCUT2D eigenvalue weighted by molar-refractivity contribution is -0.274. The molecule has 1 saturated heterocycles. The van der Waals surface area contributed by atoms with E-state index < -0.39 is 41.9 Å². The Bertz CT molecular complexity index is 1260. The van der Waals surface area contributed by atoms with E-state index >= 15 is 0 Å². The summed E-state index contributed by atoms with van der Waals surface area (Å²) in [5.74, 6) is -3.06. The molecule has 4 unspecified atom stereocenters. The summed E-state index contributed by atoms with van der Waals surface area (Å²) in [6, 6.07) is 6.82. The second kappa shape index (κ2) is 10.3. The highest BCUT2D eigenvalue weighted by Crippen LogP contribution is 2.44. The van der Waals surface area contributed by atoms with Crippen LogP contribution >= 0.6 is 0 Å². The number of amides is 1. The molecule has 1 fully saturated rings. The Hall–Kier alpha value is -3.57. The van der Waals surface area contributed by atoms with Gasteiger partial charge in [-0.3, -0.25) is 14.5 Å². The molecule has 202 valence electrons. The molecule has 0 spiro atoms. The average Bonchev–Trinajstić information content (AvgIpc) is 3.14. The van der Waals surface area contributed by atoms with Crippen molar-refractivity contribution in [1.82, 2.24) is 10.2 Å². The molecular formula is C27H29F3N4O4. The van der Waals surface area contributed by atoms with Crippen LogP contribution in [0.5, 0.6) is 5.75 Å². The van der Waals surface area contributed by atoms with Crippen molar-refractivity contribution >= 4 is 17.5 Å². The summed E-state index contributed by atoms with van der Waals surface area (Å²) in [5, 5.41) is 19.4. The van der Waals surface area contributed by atoms with Crippen LogP contribution in [0.3, 0.4) is 0 Å². The maximum atomic E-state index is 13.3. The number of carbonyl (C=O) groups excluding carboxylic acids is 2. The van der Waals surface area contributed by atoms with E-state index in [1.165, 1.54) is 18.2 Å². The summed E-state index contributed by atoms with van der Waals surface area (Å²) in [7, 11) is 0. The van der Waals surface area contributed by atoms with Gasteiger partial charge in [-0.25, -0.2) is 0 Å². The molecule has 1 aromatic heterocycles. The molecule has 0 radical (unpaired) electrons. The maximum Gasteiger partial charge on any atom is 0.573 e. The minimum Gasteiger partial charge on any atom is -0.406 e. The van der Waals surface area contributed by atoms with Gasteiger partial charge in [0.1, 0.15) is 5.75 Å². The number of hydrogen-bond acceptors (Lipinski definition) is 7. The van der Waals surface area contributed by atoms with Crippen LogP contribution in [0.15, 0.2) is 60.2 Å². The fraction of sp³-hybridized carbons (Fsp3) is 0.407. The van der Waals surface area contributed by atoms with Gasteiger partial charge in [-0.15, -0.1) is 18.3 Å². The molecule has 3 N–H and O–H groups in total. The average molecular weight is 531 g/mol. The number of hydrogen-bond donors (Lipinski definition) is 2. The molecule has 4 rings (SSSR count). The number of aliphatic hydroxyl groups is 1. The van der Waals surface area contributed by atoms with E-state index in [1.807, 2.05) is 12.2 Å². The molecule has 11 heteroatoms. The largest absolute Gasteiger partial charge is 0.573 e. The SMILES string of the molecule is CC(C)C1(C)C=CC(C(O)C2C(=O)C(=O)N(c3ccc(CN)nn3)C2c2ccc(OC(F)(F)F)cc2)=CC1. The Morgan fingerprint density at radius 1 is 1.16 bits per heavy atom. The molecule has 4 atom stereocenters. The van der Waals surface area contributed by atoms with Crippen molar-refractivity contribution in [2.24, 2.45) is 23.0 Å². The van der Waals surface area contributed by atoms with Gasteiger partial charge in [-0.1, -0.05) is 51.1 Å². The van der Waals surface area contributed by atoms with Crippen molar-refractivity contribution in [3.63, 3.8) is 0 Å². The molecular weight excluding hydrogens is 501 g/mol. The molecule has 1 aliphatic carbocycles. The zero-order valence-corrected chi connectivity index (χ0v) is 21.1. The van der Waals surface area contributed by atoms with Crippen molar-refractivity contribution in [2.75, 3.05) is 4.90 Å². The zero-order valence-electron chi connectivity index (χ0n) is 21.1. The first-order chi connectivity index (χ1) is 17.8. The van der Waals surface area contributed by atoms with Gasteiger partial charge in [0.25, 0.3) is 5.91 Å². The summed E-state index contributed by atoms with van der Waals surface area (Å²) in [5.41, 5.74) is 6.73. The number of benzene rings is 1. The lowest BCUT2D eigenvalue weighted by Gasteiger charge is -2.34. The Balaban J connectivity index is 1.74.